The minimum Gasteiger partial charge on any atom is -0.374 e. The van der Waals surface area contributed by atoms with E-state index >= 15 is 0 Å². The second kappa shape index (κ2) is 9.62. The fourth-order valence-electron chi connectivity index (χ4n) is 4.27. The highest BCUT2D eigenvalue weighted by Gasteiger charge is 2.46. The summed E-state index contributed by atoms with van der Waals surface area (Å²) >= 11 is 0. The van der Waals surface area contributed by atoms with Crippen LogP contribution in [0.4, 0.5) is 0 Å². The highest BCUT2D eigenvalue weighted by atomic mass is 16.5. The fourth-order valence-corrected chi connectivity index (χ4v) is 4.27. The Morgan fingerprint density at radius 2 is 1.81 bits per heavy atom. The number of fused-ring (bicyclic) bond motifs is 1. The first-order chi connectivity index (χ1) is 15.0. The molecule has 3 atom stereocenters. The Morgan fingerprint density at radius 1 is 1.06 bits per heavy atom. The van der Waals surface area contributed by atoms with Crippen molar-refractivity contribution in [2.75, 3.05) is 13.2 Å². The second-order valence-electron chi connectivity index (χ2n) is 8.78. The van der Waals surface area contributed by atoms with Crippen LogP contribution in [-0.2, 0) is 27.5 Å². The Hall–Kier alpha value is -2.70. The molecule has 6 heteroatoms. The zero-order valence-corrected chi connectivity index (χ0v) is 18.2. The number of nitrogens with one attached hydrogen (secondary N) is 2. The number of ether oxygens (including phenoxy) is 1. The molecule has 6 nitrogen and oxygen atoms in total. The summed E-state index contributed by atoms with van der Waals surface area (Å²) in [6.45, 7) is 6.25. The monoisotopic (exact) mass is 421 g/mol. The maximum atomic E-state index is 12.9. The van der Waals surface area contributed by atoms with Gasteiger partial charge < -0.3 is 20.3 Å². The van der Waals surface area contributed by atoms with Gasteiger partial charge in [-0.1, -0.05) is 68.4 Å². The zero-order valence-electron chi connectivity index (χ0n) is 18.2. The number of carbonyl (C=O) groups excluding carboxylic acids is 2. The van der Waals surface area contributed by atoms with E-state index < -0.39 is 12.1 Å². The minimum atomic E-state index is -0.616. The molecule has 0 spiro atoms. The molecule has 2 aromatic rings. The van der Waals surface area contributed by atoms with E-state index in [0.717, 1.165) is 12.1 Å². The van der Waals surface area contributed by atoms with Crippen LogP contribution in [0.5, 0.6) is 0 Å². The lowest BCUT2D eigenvalue weighted by Gasteiger charge is -2.34. The number of rotatable bonds is 8. The molecule has 2 saturated heterocycles. The molecule has 2 aromatic carbocycles. The summed E-state index contributed by atoms with van der Waals surface area (Å²) in [6.07, 6.45) is 0.638. The number of amides is 2. The van der Waals surface area contributed by atoms with Crippen LogP contribution in [0.15, 0.2) is 54.6 Å². The normalized spacial score (nSPS) is 23.2. The van der Waals surface area contributed by atoms with Crippen molar-refractivity contribution >= 4 is 11.8 Å². The van der Waals surface area contributed by atoms with E-state index in [1.54, 1.807) is 4.90 Å². The first kappa shape index (κ1) is 21.5. The highest BCUT2D eigenvalue weighted by Crippen LogP contribution is 2.23. The molecule has 2 amide bonds. The molecule has 2 heterocycles. The Bertz CT molecular complexity index is 898. The summed E-state index contributed by atoms with van der Waals surface area (Å²) in [6, 6.07) is 17.5. The van der Waals surface area contributed by atoms with Crippen LogP contribution >= 0.6 is 0 Å². The molecular formula is C25H31N3O3. The van der Waals surface area contributed by atoms with Crippen molar-refractivity contribution in [1.82, 2.24) is 15.5 Å². The standard InChI is InChI=1S/C25H31N3O3/c1-17(2)20-10-8-18(9-11-20)13-26-21-12-23-24(29)27-22(25(30)28(23)14-21)16-31-15-19-6-4-3-5-7-19/h3-11,17,21-23,26H,12-16H2,1-2H3,(H,27,29)/t21-,22-,23-/m0/s1. The molecule has 0 saturated carbocycles. The van der Waals surface area contributed by atoms with Crippen molar-refractivity contribution < 1.29 is 14.3 Å². The van der Waals surface area contributed by atoms with Gasteiger partial charge in [0.1, 0.15) is 12.1 Å². The fraction of sp³-hybridized carbons (Fsp3) is 0.440. The van der Waals surface area contributed by atoms with Gasteiger partial charge in [-0.2, -0.15) is 0 Å². The molecule has 0 aromatic heterocycles. The van der Waals surface area contributed by atoms with Crippen LogP contribution in [0.1, 0.15) is 42.9 Å². The van der Waals surface area contributed by atoms with Crippen molar-refractivity contribution in [2.45, 2.75) is 57.5 Å². The topological polar surface area (TPSA) is 70.7 Å². The third kappa shape index (κ3) is 5.14. The van der Waals surface area contributed by atoms with E-state index in [1.807, 2.05) is 30.3 Å². The largest absolute Gasteiger partial charge is 0.374 e. The van der Waals surface area contributed by atoms with Gasteiger partial charge >= 0.3 is 0 Å². The molecule has 0 bridgehead atoms. The average molecular weight is 422 g/mol. The van der Waals surface area contributed by atoms with E-state index in [2.05, 4.69) is 48.7 Å². The Morgan fingerprint density at radius 3 is 2.52 bits per heavy atom. The van der Waals surface area contributed by atoms with E-state index in [0.29, 0.717) is 25.5 Å². The van der Waals surface area contributed by atoms with Gasteiger partial charge in [-0.05, 0) is 29.0 Å². The maximum Gasteiger partial charge on any atom is 0.248 e. The van der Waals surface area contributed by atoms with Crippen molar-refractivity contribution in [3.63, 3.8) is 0 Å². The number of carbonyl (C=O) groups is 2. The lowest BCUT2D eigenvalue weighted by molar-refractivity contribution is -0.148. The van der Waals surface area contributed by atoms with Gasteiger partial charge in [0.2, 0.25) is 11.8 Å². The number of benzene rings is 2. The van der Waals surface area contributed by atoms with Crippen molar-refractivity contribution in [3.8, 4) is 0 Å². The van der Waals surface area contributed by atoms with Gasteiger partial charge in [0.25, 0.3) is 0 Å². The van der Waals surface area contributed by atoms with Gasteiger partial charge in [-0.25, -0.2) is 0 Å². The smallest absolute Gasteiger partial charge is 0.248 e. The Labute approximate surface area is 184 Å². The van der Waals surface area contributed by atoms with Crippen LogP contribution in [0.3, 0.4) is 0 Å². The second-order valence-corrected chi connectivity index (χ2v) is 8.78. The summed E-state index contributed by atoms with van der Waals surface area (Å²) in [7, 11) is 0. The van der Waals surface area contributed by atoms with Crippen LogP contribution in [0.25, 0.3) is 0 Å². The number of hydrogen-bond donors (Lipinski definition) is 2. The summed E-state index contributed by atoms with van der Waals surface area (Å²) in [5, 5.41) is 6.37. The first-order valence-electron chi connectivity index (χ1n) is 11.1. The van der Waals surface area contributed by atoms with E-state index in [4.69, 9.17) is 4.74 Å². The highest BCUT2D eigenvalue weighted by molar-refractivity contribution is 5.97. The Kier molecular flexibility index (Phi) is 6.68. The van der Waals surface area contributed by atoms with Crippen molar-refractivity contribution in [1.29, 1.82) is 0 Å². The van der Waals surface area contributed by atoms with Gasteiger partial charge in [0.05, 0.1) is 13.2 Å². The molecule has 2 aliphatic rings. The lowest BCUT2D eigenvalue weighted by atomic mass is 10.0. The SMILES string of the molecule is CC(C)c1ccc(CN[C@H]2C[C@H]3C(=O)N[C@@H](COCc4ccccc4)C(=O)N3C2)cc1. The molecule has 2 aliphatic heterocycles. The third-order valence-electron chi connectivity index (χ3n) is 6.14. The number of piperazine rings is 1. The minimum absolute atomic E-state index is 0.0525. The molecular weight excluding hydrogens is 390 g/mol. The molecule has 2 N–H and O–H groups in total. The third-order valence-corrected chi connectivity index (χ3v) is 6.14. The predicted octanol–water partition coefficient (Wildman–Crippen LogP) is 2.58. The zero-order chi connectivity index (χ0) is 21.8. The van der Waals surface area contributed by atoms with Crippen molar-refractivity contribution in [3.05, 3.63) is 71.3 Å². The molecule has 0 aliphatic carbocycles. The first-order valence-corrected chi connectivity index (χ1v) is 11.1. The predicted molar refractivity (Wildman–Crippen MR) is 119 cm³/mol. The average Bonchev–Trinajstić information content (AvgIpc) is 3.22. The molecule has 2 fully saturated rings. The van der Waals surface area contributed by atoms with Gasteiger partial charge in [0, 0.05) is 19.1 Å². The van der Waals surface area contributed by atoms with Gasteiger partial charge in [-0.15, -0.1) is 0 Å². The molecule has 164 valence electrons. The Balaban J connectivity index is 1.28. The van der Waals surface area contributed by atoms with E-state index in [-0.39, 0.29) is 24.5 Å². The molecule has 31 heavy (non-hydrogen) atoms. The lowest BCUT2D eigenvalue weighted by Crippen LogP contribution is -2.62. The molecule has 0 unspecified atom stereocenters. The van der Waals surface area contributed by atoms with Gasteiger partial charge in [0.15, 0.2) is 0 Å². The van der Waals surface area contributed by atoms with Gasteiger partial charge in [-0.3, -0.25) is 9.59 Å². The van der Waals surface area contributed by atoms with Crippen LogP contribution in [0, 0.1) is 0 Å². The maximum absolute atomic E-state index is 12.9. The van der Waals surface area contributed by atoms with Crippen LogP contribution in [-0.4, -0.2) is 48.0 Å². The van der Waals surface area contributed by atoms with E-state index in [1.165, 1.54) is 11.1 Å². The summed E-state index contributed by atoms with van der Waals surface area (Å²) < 4.78 is 5.71. The van der Waals surface area contributed by atoms with E-state index in [9.17, 15) is 9.59 Å². The number of nitrogens with zero attached hydrogens (tertiary/aromatic N) is 1. The van der Waals surface area contributed by atoms with Crippen molar-refractivity contribution in [2.24, 2.45) is 0 Å². The number of hydrogen-bond acceptors (Lipinski definition) is 4. The summed E-state index contributed by atoms with van der Waals surface area (Å²) in [5.41, 5.74) is 3.57. The van der Waals surface area contributed by atoms with Crippen LogP contribution in [0.2, 0.25) is 0 Å². The quantitative estimate of drug-likeness (QED) is 0.687. The molecule has 0 radical (unpaired) electrons. The summed E-state index contributed by atoms with van der Waals surface area (Å²) in [5.74, 6) is 0.378. The van der Waals surface area contributed by atoms with Crippen LogP contribution < -0.4 is 10.6 Å². The molecule has 4 rings (SSSR count). The summed E-state index contributed by atoms with van der Waals surface area (Å²) in [4.78, 5) is 27.2.